The number of benzene rings is 6. The van der Waals surface area contributed by atoms with Gasteiger partial charge in [-0.25, -0.2) is 8.42 Å². The summed E-state index contributed by atoms with van der Waals surface area (Å²) in [5.74, 6) is 0.909. The topological polar surface area (TPSA) is 93.1 Å². The molecule has 0 saturated carbocycles. The average Bonchev–Trinajstić information content (AvgIpc) is 3.12. The van der Waals surface area contributed by atoms with Crippen LogP contribution in [0.3, 0.4) is 0 Å². The summed E-state index contributed by atoms with van der Waals surface area (Å²) in [6.07, 6.45) is 0. The Morgan fingerprint density at radius 3 is 1.34 bits per heavy atom. The van der Waals surface area contributed by atoms with Crippen LogP contribution in [0, 0.1) is 11.8 Å². The van der Waals surface area contributed by atoms with E-state index in [-0.39, 0.29) is 48.1 Å². The van der Waals surface area contributed by atoms with Crippen LogP contribution in [0.25, 0.3) is 43.8 Å². The molecule has 2 atom stereocenters. The number of fused-ring (bicyclic) bond motifs is 2. The fraction of sp³-hybridized carbons (Fsp3) is 0.200. The van der Waals surface area contributed by atoms with Gasteiger partial charge in [0, 0.05) is 36.2 Å². The van der Waals surface area contributed by atoms with Gasteiger partial charge in [-0.1, -0.05) is 86.6 Å². The van der Waals surface area contributed by atoms with E-state index in [1.165, 1.54) is 0 Å². The zero-order valence-corrected chi connectivity index (χ0v) is 27.3. The first-order valence-corrected chi connectivity index (χ1v) is 17.2. The molecule has 0 saturated heterocycles. The summed E-state index contributed by atoms with van der Waals surface area (Å²) < 4.78 is 40.9. The van der Waals surface area contributed by atoms with Crippen molar-refractivity contribution in [2.75, 3.05) is 26.4 Å². The minimum atomic E-state index is -3.98. The predicted molar refractivity (Wildman–Crippen MR) is 188 cm³/mol. The molecule has 2 unspecified atom stereocenters. The summed E-state index contributed by atoms with van der Waals surface area (Å²) in [7, 11) is -3.98. The summed E-state index contributed by atoms with van der Waals surface area (Å²) >= 11 is 0. The molecule has 0 heterocycles. The molecule has 0 bridgehead atoms. The third-order valence-corrected chi connectivity index (χ3v) is 10.1. The molecule has 0 aliphatic heterocycles. The Hall–Kier alpha value is -4.69. The molecule has 0 aliphatic rings. The van der Waals surface area contributed by atoms with E-state index in [1.54, 1.807) is 36.4 Å². The second kappa shape index (κ2) is 14.0. The lowest BCUT2D eigenvalue weighted by molar-refractivity contribution is 0.174. The van der Waals surface area contributed by atoms with Gasteiger partial charge in [-0.05, 0) is 81.2 Å². The zero-order chi connectivity index (χ0) is 33.0. The van der Waals surface area contributed by atoms with Crippen LogP contribution in [0.2, 0.25) is 0 Å². The van der Waals surface area contributed by atoms with E-state index < -0.39 is 9.84 Å². The molecule has 0 aromatic heterocycles. The number of ether oxygens (including phenoxy) is 2. The van der Waals surface area contributed by atoms with Gasteiger partial charge in [0.1, 0.15) is 11.5 Å². The molecule has 6 rings (SSSR count). The van der Waals surface area contributed by atoms with Crippen molar-refractivity contribution in [3.63, 3.8) is 0 Å². The SMILES string of the molecule is CC(CO)COc1ccc(S(=O)(=O)c2ccc(OCC(C)CO)c(-c3ccc4ccccc4c3)c2)cc1-c1ccc2ccccc2c1. The second-order valence-electron chi connectivity index (χ2n) is 12.1. The van der Waals surface area contributed by atoms with E-state index >= 15 is 0 Å². The molecule has 47 heavy (non-hydrogen) atoms. The lowest BCUT2D eigenvalue weighted by Crippen LogP contribution is -2.13. The van der Waals surface area contributed by atoms with Gasteiger partial charge < -0.3 is 19.7 Å². The second-order valence-corrected chi connectivity index (χ2v) is 14.1. The molecule has 6 aromatic carbocycles. The summed E-state index contributed by atoms with van der Waals surface area (Å²) in [6, 6.07) is 37.9. The number of hydrogen-bond acceptors (Lipinski definition) is 6. The fourth-order valence-electron chi connectivity index (χ4n) is 5.47. The van der Waals surface area contributed by atoms with Gasteiger partial charge in [-0.3, -0.25) is 0 Å². The Kier molecular flexibility index (Phi) is 9.59. The molecule has 240 valence electrons. The van der Waals surface area contributed by atoms with E-state index in [2.05, 4.69) is 0 Å². The van der Waals surface area contributed by atoms with E-state index in [0.29, 0.717) is 22.6 Å². The van der Waals surface area contributed by atoms with Crippen LogP contribution in [-0.2, 0) is 9.84 Å². The molecule has 6 nitrogen and oxygen atoms in total. The van der Waals surface area contributed by atoms with Gasteiger partial charge >= 0.3 is 0 Å². The van der Waals surface area contributed by atoms with E-state index in [9.17, 15) is 18.6 Å². The number of sulfone groups is 1. The molecule has 7 heteroatoms. The smallest absolute Gasteiger partial charge is 0.206 e. The lowest BCUT2D eigenvalue weighted by Gasteiger charge is -2.18. The molecule has 0 radical (unpaired) electrons. The largest absolute Gasteiger partial charge is 0.493 e. The maximum absolute atomic E-state index is 14.3. The molecule has 2 N–H and O–H groups in total. The highest BCUT2D eigenvalue weighted by molar-refractivity contribution is 7.91. The standard InChI is InChI=1S/C40H38O6S/c1-27(23-41)25-45-39-17-15-35(21-37(39)33-13-11-29-7-3-5-9-31(29)19-33)47(43,44)36-16-18-40(46-26-28(2)24-42)38(22-36)34-14-12-30-8-4-6-10-32(30)20-34/h3-22,27-28,41-42H,23-26H2,1-2H3. The maximum Gasteiger partial charge on any atom is 0.206 e. The highest BCUT2D eigenvalue weighted by Crippen LogP contribution is 2.39. The quantitative estimate of drug-likeness (QED) is 0.139. The lowest BCUT2D eigenvalue weighted by atomic mass is 10.0. The first-order valence-electron chi connectivity index (χ1n) is 15.8. The predicted octanol–water partition coefficient (Wildman–Crippen LogP) is 8.17. The first kappa shape index (κ1) is 32.3. The summed E-state index contributed by atoms with van der Waals surface area (Å²) in [5.41, 5.74) is 2.95. The van der Waals surface area contributed by atoms with Gasteiger partial charge in [0.2, 0.25) is 9.84 Å². The highest BCUT2D eigenvalue weighted by atomic mass is 32.2. The van der Waals surface area contributed by atoms with Gasteiger partial charge in [0.05, 0.1) is 23.0 Å². The van der Waals surface area contributed by atoms with Crippen LogP contribution >= 0.6 is 0 Å². The van der Waals surface area contributed by atoms with Gasteiger partial charge in [0.15, 0.2) is 0 Å². The molecule has 0 amide bonds. The van der Waals surface area contributed by atoms with Crippen molar-refractivity contribution in [1.29, 1.82) is 0 Å². The molecule has 0 aliphatic carbocycles. The summed E-state index contributed by atoms with van der Waals surface area (Å²) in [4.78, 5) is 0.269. The van der Waals surface area contributed by atoms with Crippen LogP contribution in [0.1, 0.15) is 13.8 Å². The Labute approximate surface area is 275 Å². The molecule has 0 fully saturated rings. The van der Waals surface area contributed by atoms with Crippen LogP contribution < -0.4 is 9.47 Å². The molecular formula is C40H38O6S. The third-order valence-electron chi connectivity index (χ3n) is 8.31. The Bertz CT molecular complexity index is 1990. The summed E-state index contributed by atoms with van der Waals surface area (Å²) in [6.45, 7) is 4.31. The van der Waals surface area contributed by atoms with Crippen LogP contribution in [-0.4, -0.2) is 45.1 Å². The van der Waals surface area contributed by atoms with Gasteiger partial charge in [-0.2, -0.15) is 0 Å². The highest BCUT2D eigenvalue weighted by Gasteiger charge is 2.23. The van der Waals surface area contributed by atoms with Crippen molar-refractivity contribution in [2.24, 2.45) is 11.8 Å². The van der Waals surface area contributed by atoms with E-state index in [1.807, 2.05) is 98.8 Å². The number of hydrogen-bond donors (Lipinski definition) is 2. The first-order chi connectivity index (χ1) is 22.8. The Morgan fingerprint density at radius 2 is 0.936 bits per heavy atom. The van der Waals surface area contributed by atoms with Crippen molar-refractivity contribution >= 4 is 31.4 Å². The minimum absolute atomic E-state index is 0.0179. The zero-order valence-electron chi connectivity index (χ0n) is 26.5. The van der Waals surface area contributed by atoms with Crippen LogP contribution in [0.15, 0.2) is 131 Å². The Morgan fingerprint density at radius 1 is 0.532 bits per heavy atom. The average molecular weight is 647 g/mol. The maximum atomic E-state index is 14.3. The number of aliphatic hydroxyl groups excluding tert-OH is 2. The third kappa shape index (κ3) is 7.03. The van der Waals surface area contributed by atoms with Crippen molar-refractivity contribution in [3.05, 3.63) is 121 Å². The fourth-order valence-corrected chi connectivity index (χ4v) is 6.79. The molecular weight excluding hydrogens is 609 g/mol. The molecule has 0 spiro atoms. The number of rotatable bonds is 12. The van der Waals surface area contributed by atoms with Crippen LogP contribution in [0.4, 0.5) is 0 Å². The summed E-state index contributed by atoms with van der Waals surface area (Å²) in [5, 5.41) is 23.3. The number of aliphatic hydroxyl groups is 2. The Balaban J connectivity index is 1.45. The van der Waals surface area contributed by atoms with Gasteiger partial charge in [0.25, 0.3) is 0 Å². The molecule has 6 aromatic rings. The van der Waals surface area contributed by atoms with Crippen molar-refractivity contribution in [1.82, 2.24) is 0 Å². The van der Waals surface area contributed by atoms with Crippen molar-refractivity contribution in [3.8, 4) is 33.8 Å². The van der Waals surface area contributed by atoms with E-state index in [4.69, 9.17) is 9.47 Å². The monoisotopic (exact) mass is 646 g/mol. The minimum Gasteiger partial charge on any atom is -0.493 e. The normalized spacial score (nSPS) is 13.0. The van der Waals surface area contributed by atoms with Crippen molar-refractivity contribution in [2.45, 2.75) is 23.6 Å². The van der Waals surface area contributed by atoms with Gasteiger partial charge in [-0.15, -0.1) is 0 Å². The van der Waals surface area contributed by atoms with Crippen LogP contribution in [0.5, 0.6) is 11.5 Å². The van der Waals surface area contributed by atoms with E-state index in [0.717, 1.165) is 32.7 Å². The van der Waals surface area contributed by atoms with Crippen molar-refractivity contribution < 1.29 is 28.1 Å².